The molecular formula is C24H28N2O3. The average Bonchev–Trinajstić information content (AvgIpc) is 2.74. The number of nitrogens with one attached hydrogen (secondary N) is 2. The second-order valence-corrected chi connectivity index (χ2v) is 6.39. The van der Waals surface area contributed by atoms with Gasteiger partial charge < -0.3 is 15.4 Å². The molecule has 2 N–H and O–H groups in total. The fourth-order valence-corrected chi connectivity index (χ4v) is 2.48. The molecule has 0 bridgehead atoms. The molecular weight excluding hydrogens is 364 g/mol. The Balaban J connectivity index is 2.07. The first kappa shape index (κ1) is 22.0. The van der Waals surface area contributed by atoms with Gasteiger partial charge in [-0.1, -0.05) is 55.8 Å². The van der Waals surface area contributed by atoms with E-state index in [4.69, 9.17) is 4.74 Å². The molecule has 0 radical (unpaired) electrons. The number of carbonyl (C=O) groups excluding carboxylic acids is 2. The molecule has 2 rings (SSSR count). The van der Waals surface area contributed by atoms with Crippen LogP contribution in [-0.2, 0) is 4.79 Å². The topological polar surface area (TPSA) is 67.4 Å². The summed E-state index contributed by atoms with van der Waals surface area (Å²) >= 11 is 0. The zero-order valence-electron chi connectivity index (χ0n) is 17.0. The molecule has 0 atom stereocenters. The maximum atomic E-state index is 12.6. The van der Waals surface area contributed by atoms with E-state index < -0.39 is 0 Å². The van der Waals surface area contributed by atoms with Gasteiger partial charge in [-0.15, -0.1) is 0 Å². The molecule has 5 nitrogen and oxygen atoms in total. The number of likely N-dealkylation sites (N-methyl/N-ethyl adjacent to an activating group) is 1. The minimum Gasteiger partial charge on any atom is -0.494 e. The van der Waals surface area contributed by atoms with Crippen LogP contribution in [0.3, 0.4) is 0 Å². The lowest BCUT2D eigenvalue weighted by Crippen LogP contribution is -2.34. The number of ether oxygens (including phenoxy) is 1. The van der Waals surface area contributed by atoms with Crippen LogP contribution in [0.5, 0.6) is 5.75 Å². The van der Waals surface area contributed by atoms with Crippen LogP contribution in [-0.4, -0.2) is 25.0 Å². The third-order valence-corrected chi connectivity index (χ3v) is 4.06. The molecule has 0 aliphatic rings. The van der Waals surface area contributed by atoms with E-state index in [2.05, 4.69) is 17.6 Å². The van der Waals surface area contributed by atoms with Gasteiger partial charge in [0, 0.05) is 12.1 Å². The van der Waals surface area contributed by atoms with Crippen molar-refractivity contribution in [3.63, 3.8) is 0 Å². The Bertz CT molecular complexity index is 840. The van der Waals surface area contributed by atoms with Gasteiger partial charge >= 0.3 is 0 Å². The minimum atomic E-state index is -0.351. The summed E-state index contributed by atoms with van der Waals surface area (Å²) < 4.78 is 5.61. The van der Waals surface area contributed by atoms with Crippen molar-refractivity contribution in [1.82, 2.24) is 10.6 Å². The third-order valence-electron chi connectivity index (χ3n) is 4.06. The number of allylic oxidation sites excluding steroid dienone is 2. The number of hydrogen-bond acceptors (Lipinski definition) is 3. The Hall–Kier alpha value is -3.34. The Morgan fingerprint density at radius 1 is 1.00 bits per heavy atom. The normalized spacial score (nSPS) is 11.3. The Morgan fingerprint density at radius 2 is 1.72 bits per heavy atom. The molecule has 0 fully saturated rings. The smallest absolute Gasteiger partial charge is 0.267 e. The second kappa shape index (κ2) is 12.2. The van der Waals surface area contributed by atoms with Gasteiger partial charge in [0.1, 0.15) is 11.4 Å². The second-order valence-electron chi connectivity index (χ2n) is 6.39. The van der Waals surface area contributed by atoms with E-state index in [0.29, 0.717) is 18.7 Å². The third kappa shape index (κ3) is 7.66. The van der Waals surface area contributed by atoms with Crippen molar-refractivity contribution in [2.24, 2.45) is 0 Å². The van der Waals surface area contributed by atoms with Crippen LogP contribution in [0.15, 0.2) is 72.4 Å². The highest BCUT2D eigenvalue weighted by atomic mass is 16.5. The molecule has 0 spiro atoms. The molecule has 2 amide bonds. The van der Waals surface area contributed by atoms with E-state index in [1.807, 2.05) is 43.3 Å². The van der Waals surface area contributed by atoms with Gasteiger partial charge in [0.25, 0.3) is 11.8 Å². The van der Waals surface area contributed by atoms with Crippen LogP contribution < -0.4 is 15.4 Å². The molecule has 0 aromatic heterocycles. The van der Waals surface area contributed by atoms with E-state index in [1.54, 1.807) is 36.4 Å². The minimum absolute atomic E-state index is 0.187. The number of amides is 2. The van der Waals surface area contributed by atoms with Crippen molar-refractivity contribution >= 4 is 17.9 Å². The zero-order chi connectivity index (χ0) is 20.9. The van der Waals surface area contributed by atoms with E-state index >= 15 is 0 Å². The predicted octanol–water partition coefficient (Wildman–Crippen LogP) is 4.33. The highest BCUT2D eigenvalue weighted by molar-refractivity contribution is 6.03. The van der Waals surface area contributed by atoms with Gasteiger partial charge in [-0.2, -0.15) is 0 Å². The first-order valence-corrected chi connectivity index (χ1v) is 9.89. The average molecular weight is 392 g/mol. The van der Waals surface area contributed by atoms with Gasteiger partial charge in [-0.25, -0.2) is 0 Å². The van der Waals surface area contributed by atoms with Crippen molar-refractivity contribution in [2.45, 2.75) is 26.7 Å². The van der Waals surface area contributed by atoms with Gasteiger partial charge in [0.15, 0.2) is 0 Å². The quantitative estimate of drug-likeness (QED) is 0.359. The Morgan fingerprint density at radius 3 is 2.38 bits per heavy atom. The van der Waals surface area contributed by atoms with E-state index in [0.717, 1.165) is 24.2 Å². The summed E-state index contributed by atoms with van der Waals surface area (Å²) in [6.45, 7) is 5.05. The van der Waals surface area contributed by atoms with Gasteiger partial charge in [-0.3, -0.25) is 9.59 Å². The van der Waals surface area contributed by atoms with Crippen molar-refractivity contribution < 1.29 is 14.3 Å². The monoisotopic (exact) mass is 392 g/mol. The fourth-order valence-electron chi connectivity index (χ4n) is 2.48. The van der Waals surface area contributed by atoms with Gasteiger partial charge in [0.2, 0.25) is 0 Å². The lowest BCUT2D eigenvalue weighted by Gasteiger charge is -2.10. The SMILES string of the molecule is CCCCOc1ccc(C(=O)NC(=CC=Cc2ccccc2)C(=O)NCC)cc1. The number of benzene rings is 2. The zero-order valence-corrected chi connectivity index (χ0v) is 17.0. The number of unbranched alkanes of at least 4 members (excludes halogenated alkanes) is 1. The largest absolute Gasteiger partial charge is 0.494 e. The molecule has 29 heavy (non-hydrogen) atoms. The van der Waals surface area contributed by atoms with Crippen molar-refractivity contribution in [3.05, 3.63) is 83.6 Å². The first-order chi connectivity index (χ1) is 14.1. The maximum Gasteiger partial charge on any atom is 0.267 e. The molecule has 0 aliphatic heterocycles. The van der Waals surface area contributed by atoms with Gasteiger partial charge in [0.05, 0.1) is 6.61 Å². The highest BCUT2D eigenvalue weighted by Gasteiger charge is 2.13. The summed E-state index contributed by atoms with van der Waals surface area (Å²) in [7, 11) is 0. The van der Waals surface area contributed by atoms with Crippen LogP contribution >= 0.6 is 0 Å². The summed E-state index contributed by atoms with van der Waals surface area (Å²) in [5.74, 6) is 0.0362. The van der Waals surface area contributed by atoms with E-state index in [-0.39, 0.29) is 17.5 Å². The molecule has 0 unspecified atom stereocenters. The molecule has 5 heteroatoms. The summed E-state index contributed by atoms with van der Waals surface area (Å²) in [4.78, 5) is 24.9. The van der Waals surface area contributed by atoms with Crippen LogP contribution in [0.1, 0.15) is 42.6 Å². The van der Waals surface area contributed by atoms with E-state index in [1.165, 1.54) is 0 Å². The summed E-state index contributed by atoms with van der Waals surface area (Å²) in [5, 5.41) is 5.41. The van der Waals surface area contributed by atoms with E-state index in [9.17, 15) is 9.59 Å². The van der Waals surface area contributed by atoms with Crippen molar-refractivity contribution in [2.75, 3.05) is 13.2 Å². The first-order valence-electron chi connectivity index (χ1n) is 9.89. The lowest BCUT2D eigenvalue weighted by atomic mass is 10.2. The number of carbonyl (C=O) groups is 2. The predicted molar refractivity (Wildman–Crippen MR) is 117 cm³/mol. The standard InChI is InChI=1S/C24H28N2O3/c1-3-5-18-29-21-16-14-20(15-17-21)23(27)26-22(24(28)25-4-2)13-9-12-19-10-7-6-8-11-19/h6-17H,3-5,18H2,1-2H3,(H,25,28)(H,26,27). The van der Waals surface area contributed by atoms with Crippen molar-refractivity contribution in [3.8, 4) is 5.75 Å². The molecule has 0 heterocycles. The summed E-state index contributed by atoms with van der Waals surface area (Å²) in [6.07, 6.45) is 7.25. The Kier molecular flexibility index (Phi) is 9.22. The molecule has 152 valence electrons. The lowest BCUT2D eigenvalue weighted by molar-refractivity contribution is -0.117. The maximum absolute atomic E-state index is 12.6. The van der Waals surface area contributed by atoms with Crippen LogP contribution in [0, 0.1) is 0 Å². The summed E-state index contributed by atoms with van der Waals surface area (Å²) in [6, 6.07) is 16.6. The van der Waals surface area contributed by atoms with Crippen LogP contribution in [0.2, 0.25) is 0 Å². The molecule has 0 aliphatic carbocycles. The fraction of sp³-hybridized carbons (Fsp3) is 0.250. The van der Waals surface area contributed by atoms with Gasteiger partial charge in [-0.05, 0) is 49.2 Å². The van der Waals surface area contributed by atoms with Crippen molar-refractivity contribution in [1.29, 1.82) is 0 Å². The molecule has 2 aromatic carbocycles. The Labute approximate surface area is 172 Å². The highest BCUT2D eigenvalue weighted by Crippen LogP contribution is 2.13. The van der Waals surface area contributed by atoms with Crippen LogP contribution in [0.25, 0.3) is 6.08 Å². The number of rotatable bonds is 10. The molecule has 2 aromatic rings. The number of hydrogen-bond donors (Lipinski definition) is 2. The van der Waals surface area contributed by atoms with Crippen LogP contribution in [0.4, 0.5) is 0 Å². The molecule has 0 saturated carbocycles. The molecule has 0 saturated heterocycles. The summed E-state index contributed by atoms with van der Waals surface area (Å²) in [5.41, 5.74) is 1.64.